The smallest absolute Gasteiger partial charge is 0.328 e. The van der Waals surface area contributed by atoms with Gasteiger partial charge in [0.2, 0.25) is 0 Å². The number of hydrogen-bond acceptors (Lipinski definition) is 4. The number of carboxylic acids is 1. The normalized spacial score (nSPS) is 12.2. The molecule has 0 saturated carbocycles. The lowest BCUT2D eigenvalue weighted by molar-refractivity contribution is -0.140. The summed E-state index contributed by atoms with van der Waals surface area (Å²) >= 11 is 6.10. The maximum atomic E-state index is 12.4. The highest BCUT2D eigenvalue weighted by Crippen LogP contribution is 2.18. The zero-order chi connectivity index (χ0) is 17.1. The first-order valence-corrected chi connectivity index (χ1v) is 7.45. The summed E-state index contributed by atoms with van der Waals surface area (Å²) in [6, 6.07) is -0.835. The SMILES string of the molecule is CCn1ncc(Cl)c1CN(C)C(=O)c1cnn(C(C)C(=O)O)c1. The minimum absolute atomic E-state index is 0.270. The average molecular weight is 340 g/mol. The van der Waals surface area contributed by atoms with Gasteiger partial charge in [-0.15, -0.1) is 0 Å². The fraction of sp³-hybridized carbons (Fsp3) is 0.429. The summed E-state index contributed by atoms with van der Waals surface area (Å²) in [4.78, 5) is 24.9. The molecule has 0 aliphatic rings. The van der Waals surface area contributed by atoms with E-state index in [2.05, 4.69) is 10.2 Å². The number of nitrogens with zero attached hydrogens (tertiary/aromatic N) is 5. The minimum atomic E-state index is -1.01. The number of hydrogen-bond donors (Lipinski definition) is 1. The van der Waals surface area contributed by atoms with Gasteiger partial charge < -0.3 is 10.0 Å². The van der Waals surface area contributed by atoms with Crippen LogP contribution >= 0.6 is 11.6 Å². The van der Waals surface area contributed by atoms with E-state index in [-0.39, 0.29) is 5.91 Å². The highest BCUT2D eigenvalue weighted by atomic mass is 35.5. The molecular formula is C14H18ClN5O3. The zero-order valence-corrected chi connectivity index (χ0v) is 13.9. The van der Waals surface area contributed by atoms with E-state index in [9.17, 15) is 9.59 Å². The maximum Gasteiger partial charge on any atom is 0.328 e. The van der Waals surface area contributed by atoms with Crippen molar-refractivity contribution in [2.75, 3.05) is 7.05 Å². The second-order valence-electron chi connectivity index (χ2n) is 5.14. The molecule has 1 atom stereocenters. The number of carbonyl (C=O) groups is 2. The van der Waals surface area contributed by atoms with E-state index in [4.69, 9.17) is 16.7 Å². The van der Waals surface area contributed by atoms with E-state index < -0.39 is 12.0 Å². The molecule has 1 amide bonds. The van der Waals surface area contributed by atoms with Crippen LogP contribution in [0, 0.1) is 0 Å². The first-order valence-electron chi connectivity index (χ1n) is 7.07. The molecule has 9 heteroatoms. The van der Waals surface area contributed by atoms with Crippen LogP contribution in [-0.4, -0.2) is 48.5 Å². The van der Waals surface area contributed by atoms with Crippen molar-refractivity contribution in [3.05, 3.63) is 34.9 Å². The summed E-state index contributed by atoms with van der Waals surface area (Å²) in [6.07, 6.45) is 4.33. The van der Waals surface area contributed by atoms with E-state index in [1.807, 2.05) is 6.92 Å². The number of amides is 1. The monoisotopic (exact) mass is 339 g/mol. The summed E-state index contributed by atoms with van der Waals surface area (Å²) in [5.41, 5.74) is 1.07. The Morgan fingerprint density at radius 3 is 2.70 bits per heavy atom. The molecule has 2 heterocycles. The van der Waals surface area contributed by atoms with Crippen molar-refractivity contribution >= 4 is 23.5 Å². The van der Waals surface area contributed by atoms with E-state index in [0.29, 0.717) is 23.7 Å². The lowest BCUT2D eigenvalue weighted by atomic mass is 10.3. The Kier molecular flexibility index (Phi) is 5.05. The van der Waals surface area contributed by atoms with Gasteiger partial charge in [-0.05, 0) is 13.8 Å². The average Bonchev–Trinajstić information content (AvgIpc) is 3.13. The van der Waals surface area contributed by atoms with Crippen LogP contribution in [-0.2, 0) is 17.9 Å². The highest BCUT2D eigenvalue weighted by Gasteiger charge is 2.20. The molecule has 124 valence electrons. The number of halogens is 1. The van der Waals surface area contributed by atoms with Crippen LogP contribution < -0.4 is 0 Å². The van der Waals surface area contributed by atoms with Gasteiger partial charge in [0.05, 0.1) is 35.2 Å². The maximum absolute atomic E-state index is 12.4. The van der Waals surface area contributed by atoms with Crippen molar-refractivity contribution in [3.63, 3.8) is 0 Å². The van der Waals surface area contributed by atoms with Gasteiger partial charge >= 0.3 is 5.97 Å². The summed E-state index contributed by atoms with van der Waals surface area (Å²) in [5.74, 6) is -1.28. The van der Waals surface area contributed by atoms with Crippen LogP contribution in [0.1, 0.15) is 35.9 Å². The van der Waals surface area contributed by atoms with Gasteiger partial charge in [-0.2, -0.15) is 10.2 Å². The standard InChI is InChI=1S/C14H18ClN5O3/c1-4-19-12(11(15)6-17-19)8-18(3)13(21)10-5-16-20(7-10)9(2)14(22)23/h5-7,9H,4,8H2,1-3H3,(H,22,23). The predicted octanol–water partition coefficient (Wildman–Crippen LogP) is 1.67. The lowest BCUT2D eigenvalue weighted by Crippen LogP contribution is -2.27. The fourth-order valence-corrected chi connectivity index (χ4v) is 2.31. The molecule has 0 saturated heterocycles. The Morgan fingerprint density at radius 1 is 1.39 bits per heavy atom. The molecule has 2 aromatic rings. The zero-order valence-electron chi connectivity index (χ0n) is 13.1. The molecule has 0 aliphatic heterocycles. The van der Waals surface area contributed by atoms with Gasteiger partial charge in [0.25, 0.3) is 5.91 Å². The van der Waals surface area contributed by atoms with Crippen molar-refractivity contribution in [2.45, 2.75) is 33.0 Å². The second-order valence-corrected chi connectivity index (χ2v) is 5.55. The minimum Gasteiger partial charge on any atom is -0.480 e. The molecule has 1 unspecified atom stereocenters. The van der Waals surface area contributed by atoms with Crippen LogP contribution in [0.3, 0.4) is 0 Å². The Morgan fingerprint density at radius 2 is 2.09 bits per heavy atom. The lowest BCUT2D eigenvalue weighted by Gasteiger charge is -2.17. The third-order valence-corrected chi connectivity index (χ3v) is 3.85. The van der Waals surface area contributed by atoms with E-state index in [0.717, 1.165) is 5.69 Å². The molecule has 0 bridgehead atoms. The summed E-state index contributed by atoms with van der Waals surface area (Å²) in [6.45, 7) is 4.38. The number of carbonyl (C=O) groups excluding carboxylic acids is 1. The van der Waals surface area contributed by atoms with Gasteiger partial charge in [0.1, 0.15) is 6.04 Å². The van der Waals surface area contributed by atoms with Crippen LogP contribution in [0.15, 0.2) is 18.6 Å². The Hall–Kier alpha value is -2.35. The number of aryl methyl sites for hydroxylation is 1. The van der Waals surface area contributed by atoms with Crippen LogP contribution in [0.4, 0.5) is 0 Å². The second kappa shape index (κ2) is 6.82. The van der Waals surface area contributed by atoms with E-state index in [1.54, 1.807) is 17.9 Å². The molecule has 0 spiro atoms. The molecule has 0 aromatic carbocycles. The van der Waals surface area contributed by atoms with Crippen molar-refractivity contribution in [1.82, 2.24) is 24.5 Å². The van der Waals surface area contributed by atoms with Crippen LogP contribution in [0.5, 0.6) is 0 Å². The largest absolute Gasteiger partial charge is 0.480 e. The van der Waals surface area contributed by atoms with Crippen LogP contribution in [0.25, 0.3) is 0 Å². The van der Waals surface area contributed by atoms with Crippen molar-refractivity contribution < 1.29 is 14.7 Å². The van der Waals surface area contributed by atoms with Gasteiger partial charge in [0.15, 0.2) is 0 Å². The Balaban J connectivity index is 2.14. The molecule has 23 heavy (non-hydrogen) atoms. The molecule has 2 aromatic heterocycles. The van der Waals surface area contributed by atoms with Gasteiger partial charge in [-0.1, -0.05) is 11.6 Å². The Bertz CT molecular complexity index is 724. The molecular weight excluding hydrogens is 322 g/mol. The summed E-state index contributed by atoms with van der Waals surface area (Å²) < 4.78 is 2.97. The number of aliphatic carboxylic acids is 1. The predicted molar refractivity (Wildman–Crippen MR) is 83.3 cm³/mol. The molecule has 8 nitrogen and oxygen atoms in total. The number of carboxylic acid groups (broad SMARTS) is 1. The topological polar surface area (TPSA) is 93.3 Å². The Labute approximate surface area is 138 Å². The van der Waals surface area contributed by atoms with Crippen molar-refractivity contribution in [3.8, 4) is 0 Å². The molecule has 1 N–H and O–H groups in total. The highest BCUT2D eigenvalue weighted by molar-refractivity contribution is 6.31. The van der Waals surface area contributed by atoms with E-state index >= 15 is 0 Å². The molecule has 2 rings (SSSR count). The first kappa shape index (κ1) is 17.0. The van der Waals surface area contributed by atoms with Gasteiger partial charge in [-0.25, -0.2) is 4.79 Å². The van der Waals surface area contributed by atoms with Crippen LogP contribution in [0.2, 0.25) is 5.02 Å². The quantitative estimate of drug-likeness (QED) is 0.864. The molecule has 0 radical (unpaired) electrons. The van der Waals surface area contributed by atoms with E-state index in [1.165, 1.54) is 28.9 Å². The molecule has 0 fully saturated rings. The van der Waals surface area contributed by atoms with Gasteiger partial charge in [0, 0.05) is 19.8 Å². The molecule has 0 aliphatic carbocycles. The summed E-state index contributed by atoms with van der Waals surface area (Å²) in [5, 5.41) is 17.5. The number of aromatic nitrogens is 4. The summed E-state index contributed by atoms with van der Waals surface area (Å²) in [7, 11) is 1.64. The third-order valence-electron chi connectivity index (χ3n) is 3.53. The van der Waals surface area contributed by atoms with Gasteiger partial charge in [-0.3, -0.25) is 14.2 Å². The number of rotatable bonds is 6. The van der Waals surface area contributed by atoms with Crippen molar-refractivity contribution in [2.24, 2.45) is 0 Å². The fourth-order valence-electron chi connectivity index (χ4n) is 2.11. The van der Waals surface area contributed by atoms with Crippen molar-refractivity contribution in [1.29, 1.82) is 0 Å². The third kappa shape index (κ3) is 3.53. The first-order chi connectivity index (χ1) is 10.8.